The molecule has 0 fully saturated rings. The van der Waals surface area contributed by atoms with E-state index in [2.05, 4.69) is 18.2 Å². The summed E-state index contributed by atoms with van der Waals surface area (Å²) in [6, 6.07) is 6.68. The fraction of sp³-hybridized carbons (Fsp3) is 0.769. The van der Waals surface area contributed by atoms with Gasteiger partial charge in [0, 0.05) is 6.42 Å². The molecule has 3 nitrogen and oxygen atoms in total. The molecule has 0 saturated heterocycles. The SMILES string of the molecule is CCC(C#N)(CC)C(C#N)CCCCC#N. The summed E-state index contributed by atoms with van der Waals surface area (Å²) in [7, 11) is 0. The average Bonchev–Trinajstić information content (AvgIpc) is 2.34. The van der Waals surface area contributed by atoms with E-state index in [4.69, 9.17) is 10.5 Å². The maximum absolute atomic E-state index is 9.23. The largest absolute Gasteiger partial charge is 0.198 e. The van der Waals surface area contributed by atoms with Crippen LogP contribution < -0.4 is 0 Å². The molecule has 0 aromatic heterocycles. The van der Waals surface area contributed by atoms with Gasteiger partial charge in [-0.3, -0.25) is 0 Å². The van der Waals surface area contributed by atoms with Gasteiger partial charge in [0.2, 0.25) is 0 Å². The fourth-order valence-electron chi connectivity index (χ4n) is 2.00. The molecule has 0 heterocycles. The second-order valence-corrected chi connectivity index (χ2v) is 4.06. The van der Waals surface area contributed by atoms with Gasteiger partial charge in [0.25, 0.3) is 0 Å². The standard InChI is InChI=1S/C13H19N3/c1-3-13(4-2,11-16)12(10-15)8-6-5-7-9-14/h12H,3-8H2,1-2H3. The minimum atomic E-state index is -0.499. The Balaban J connectivity index is 4.43. The van der Waals surface area contributed by atoms with Crippen molar-refractivity contribution in [1.82, 2.24) is 0 Å². The maximum atomic E-state index is 9.23. The Kier molecular flexibility index (Phi) is 6.98. The van der Waals surface area contributed by atoms with E-state index in [0.717, 1.165) is 32.1 Å². The summed E-state index contributed by atoms with van der Waals surface area (Å²) in [6.45, 7) is 3.93. The molecular weight excluding hydrogens is 198 g/mol. The maximum Gasteiger partial charge on any atom is 0.0726 e. The van der Waals surface area contributed by atoms with E-state index in [1.165, 1.54) is 0 Å². The van der Waals surface area contributed by atoms with Crippen LogP contribution in [-0.4, -0.2) is 0 Å². The van der Waals surface area contributed by atoms with Gasteiger partial charge in [-0.1, -0.05) is 20.3 Å². The van der Waals surface area contributed by atoms with E-state index < -0.39 is 5.41 Å². The van der Waals surface area contributed by atoms with Crippen LogP contribution in [0.1, 0.15) is 52.4 Å². The third-order valence-corrected chi connectivity index (χ3v) is 3.34. The predicted molar refractivity (Wildman–Crippen MR) is 61.8 cm³/mol. The average molecular weight is 217 g/mol. The molecule has 3 heteroatoms. The Morgan fingerprint density at radius 1 is 1.06 bits per heavy atom. The van der Waals surface area contributed by atoms with Gasteiger partial charge in [-0.25, -0.2) is 0 Å². The first kappa shape index (κ1) is 14.5. The zero-order valence-corrected chi connectivity index (χ0v) is 10.2. The molecule has 0 aliphatic heterocycles. The molecule has 0 aromatic rings. The Labute approximate surface area is 98.3 Å². The Bertz CT molecular complexity index is 310. The number of nitriles is 3. The molecule has 0 saturated carbocycles. The van der Waals surface area contributed by atoms with Crippen molar-refractivity contribution in [2.24, 2.45) is 11.3 Å². The van der Waals surface area contributed by atoms with Crippen molar-refractivity contribution in [3.05, 3.63) is 0 Å². The number of hydrogen-bond acceptors (Lipinski definition) is 3. The van der Waals surface area contributed by atoms with Crippen LogP contribution in [0.15, 0.2) is 0 Å². The Morgan fingerprint density at radius 2 is 1.69 bits per heavy atom. The van der Waals surface area contributed by atoms with Crippen molar-refractivity contribution in [3.63, 3.8) is 0 Å². The van der Waals surface area contributed by atoms with Crippen molar-refractivity contribution in [3.8, 4) is 18.2 Å². The normalized spacial score (nSPS) is 12.2. The van der Waals surface area contributed by atoms with Crippen LogP contribution in [0.5, 0.6) is 0 Å². The molecule has 86 valence electrons. The quantitative estimate of drug-likeness (QED) is 0.612. The van der Waals surface area contributed by atoms with Gasteiger partial charge < -0.3 is 0 Å². The van der Waals surface area contributed by atoms with Crippen LogP contribution in [-0.2, 0) is 0 Å². The van der Waals surface area contributed by atoms with Crippen LogP contribution in [0.25, 0.3) is 0 Å². The summed E-state index contributed by atoms with van der Waals surface area (Å²) in [5.41, 5.74) is -0.499. The molecule has 0 bridgehead atoms. The van der Waals surface area contributed by atoms with Crippen molar-refractivity contribution in [1.29, 1.82) is 15.8 Å². The summed E-state index contributed by atoms with van der Waals surface area (Å²) in [4.78, 5) is 0. The van der Waals surface area contributed by atoms with Crippen LogP contribution in [0, 0.1) is 45.3 Å². The molecule has 1 atom stereocenters. The number of hydrogen-bond donors (Lipinski definition) is 0. The lowest BCUT2D eigenvalue weighted by Crippen LogP contribution is -2.26. The van der Waals surface area contributed by atoms with Crippen molar-refractivity contribution in [2.45, 2.75) is 52.4 Å². The first-order valence-corrected chi connectivity index (χ1v) is 5.88. The van der Waals surface area contributed by atoms with E-state index in [9.17, 15) is 5.26 Å². The van der Waals surface area contributed by atoms with E-state index in [1.54, 1.807) is 0 Å². The highest BCUT2D eigenvalue weighted by Crippen LogP contribution is 2.37. The highest BCUT2D eigenvalue weighted by molar-refractivity contribution is 5.08. The topological polar surface area (TPSA) is 71.4 Å². The second-order valence-electron chi connectivity index (χ2n) is 4.06. The number of rotatable bonds is 7. The lowest BCUT2D eigenvalue weighted by Gasteiger charge is -2.28. The molecule has 16 heavy (non-hydrogen) atoms. The molecule has 0 aliphatic carbocycles. The monoisotopic (exact) mass is 217 g/mol. The molecule has 0 amide bonds. The third kappa shape index (κ3) is 3.56. The van der Waals surface area contributed by atoms with Gasteiger partial charge >= 0.3 is 0 Å². The van der Waals surface area contributed by atoms with E-state index in [0.29, 0.717) is 6.42 Å². The fourth-order valence-corrected chi connectivity index (χ4v) is 2.00. The van der Waals surface area contributed by atoms with Crippen LogP contribution in [0.3, 0.4) is 0 Å². The molecule has 0 radical (unpaired) electrons. The molecule has 0 N–H and O–H groups in total. The van der Waals surface area contributed by atoms with Crippen molar-refractivity contribution in [2.75, 3.05) is 0 Å². The van der Waals surface area contributed by atoms with E-state index >= 15 is 0 Å². The minimum Gasteiger partial charge on any atom is -0.198 e. The summed E-state index contributed by atoms with van der Waals surface area (Å²) in [5, 5.41) is 26.8. The van der Waals surface area contributed by atoms with Crippen LogP contribution in [0.4, 0.5) is 0 Å². The van der Waals surface area contributed by atoms with Gasteiger partial charge in [0.05, 0.1) is 29.5 Å². The highest BCUT2D eigenvalue weighted by atomic mass is 14.4. The van der Waals surface area contributed by atoms with Gasteiger partial charge in [-0.05, 0) is 25.7 Å². The zero-order chi connectivity index (χ0) is 12.4. The Hall–Kier alpha value is -1.53. The van der Waals surface area contributed by atoms with Gasteiger partial charge in [-0.15, -0.1) is 0 Å². The molecule has 0 spiro atoms. The summed E-state index contributed by atoms with van der Waals surface area (Å²) < 4.78 is 0. The summed E-state index contributed by atoms with van der Waals surface area (Å²) >= 11 is 0. The highest BCUT2D eigenvalue weighted by Gasteiger charge is 2.35. The molecular formula is C13H19N3. The van der Waals surface area contributed by atoms with Crippen LogP contribution >= 0.6 is 0 Å². The van der Waals surface area contributed by atoms with Crippen LogP contribution in [0.2, 0.25) is 0 Å². The number of nitrogens with zero attached hydrogens (tertiary/aromatic N) is 3. The lowest BCUT2D eigenvalue weighted by molar-refractivity contribution is 0.254. The summed E-state index contributed by atoms with van der Waals surface area (Å²) in [5.74, 6) is -0.203. The molecule has 0 aromatic carbocycles. The first-order chi connectivity index (χ1) is 7.70. The van der Waals surface area contributed by atoms with Gasteiger partial charge in [0.15, 0.2) is 0 Å². The van der Waals surface area contributed by atoms with E-state index in [1.807, 2.05) is 13.8 Å². The third-order valence-electron chi connectivity index (χ3n) is 3.34. The second kappa shape index (κ2) is 7.72. The zero-order valence-electron chi connectivity index (χ0n) is 10.2. The predicted octanol–water partition coefficient (Wildman–Crippen LogP) is 3.54. The molecule has 0 aliphatic rings. The minimum absolute atomic E-state index is 0.203. The first-order valence-electron chi connectivity index (χ1n) is 5.88. The van der Waals surface area contributed by atoms with Crippen molar-refractivity contribution >= 4 is 0 Å². The molecule has 0 rings (SSSR count). The van der Waals surface area contributed by atoms with E-state index in [-0.39, 0.29) is 5.92 Å². The molecule has 1 unspecified atom stereocenters. The lowest BCUT2D eigenvalue weighted by atomic mass is 9.71. The Morgan fingerprint density at radius 3 is 2.06 bits per heavy atom. The number of unbranched alkanes of at least 4 members (excludes halogenated alkanes) is 2. The summed E-state index contributed by atoms with van der Waals surface area (Å²) in [6.07, 6.45) is 4.38. The van der Waals surface area contributed by atoms with Crippen molar-refractivity contribution < 1.29 is 0 Å². The van der Waals surface area contributed by atoms with Gasteiger partial charge in [-0.2, -0.15) is 15.8 Å². The smallest absolute Gasteiger partial charge is 0.0726 e. The van der Waals surface area contributed by atoms with Gasteiger partial charge in [0.1, 0.15) is 0 Å².